The summed E-state index contributed by atoms with van der Waals surface area (Å²) in [4.78, 5) is 24.6. The van der Waals surface area contributed by atoms with E-state index in [2.05, 4.69) is 20.0 Å². The molecule has 0 spiro atoms. The largest absolute Gasteiger partial charge is 0.476 e. The predicted octanol–water partition coefficient (Wildman–Crippen LogP) is 1.89. The third-order valence-electron chi connectivity index (χ3n) is 5.48. The van der Waals surface area contributed by atoms with Crippen LogP contribution in [0.25, 0.3) is 11.2 Å². The average molecular weight is 502 g/mol. The molecule has 0 aromatic carbocycles. The van der Waals surface area contributed by atoms with Crippen molar-refractivity contribution in [1.29, 1.82) is 0 Å². The summed E-state index contributed by atoms with van der Waals surface area (Å²) in [6, 6.07) is 0. The maximum absolute atomic E-state index is 16.2. The second kappa shape index (κ2) is 8.68. The highest BCUT2D eigenvalue weighted by Crippen LogP contribution is 2.57. The van der Waals surface area contributed by atoms with Crippen LogP contribution in [0, 0.1) is 0 Å². The Bertz CT molecular complexity index is 1140. The van der Waals surface area contributed by atoms with E-state index in [9.17, 15) is 9.36 Å². The molecule has 0 saturated carbocycles. The van der Waals surface area contributed by atoms with Gasteiger partial charge in [-0.2, -0.15) is 9.97 Å². The van der Waals surface area contributed by atoms with E-state index in [-0.39, 0.29) is 36.2 Å². The molecule has 0 amide bonds. The summed E-state index contributed by atoms with van der Waals surface area (Å²) in [6.07, 6.45) is -2.10. The van der Waals surface area contributed by atoms with Crippen LogP contribution >= 0.6 is 7.75 Å². The van der Waals surface area contributed by atoms with Gasteiger partial charge in [-0.1, -0.05) is 0 Å². The highest BCUT2D eigenvalue weighted by molar-refractivity contribution is 7.51. The van der Waals surface area contributed by atoms with Crippen LogP contribution in [0.4, 0.5) is 10.3 Å². The number of nitrogen functional groups attached to an aromatic ring is 1. The first-order valence-corrected chi connectivity index (χ1v) is 12.3. The third-order valence-corrected chi connectivity index (χ3v) is 7.31. The summed E-state index contributed by atoms with van der Waals surface area (Å²) in [5.41, 5.74) is 2.68. The molecule has 0 radical (unpaired) electrons. The Labute approximate surface area is 195 Å². The molecular formula is C19H28FN6O7P. The number of nitrogens with zero attached hydrogens (tertiary/aromatic N) is 4. The monoisotopic (exact) mass is 502 g/mol. The Balaban J connectivity index is 1.62. The molecule has 0 unspecified atom stereocenters. The number of ether oxygens (including phenoxy) is 3. The first kappa shape index (κ1) is 24.7. The standard InChI is InChI=1S/C19H28FN6O7P/c1-6-29-14-11-13(23-17(21)24-14)26(9-22-11)15-19(5,20)12-10(32-15)8-31-34(28,33-12)25-18(3,4)16(27)30-7-2/h9-10,12,15H,6-8H2,1-5H3,(H,25,28)(H2,21,23,24)/t10-,12-,15-,19-,34-/m1/s1. The fourth-order valence-electron chi connectivity index (χ4n) is 3.93. The quantitative estimate of drug-likeness (QED) is 0.418. The van der Waals surface area contributed by atoms with Crippen molar-refractivity contribution >= 4 is 30.8 Å². The molecule has 2 aliphatic rings. The number of halogens is 1. The van der Waals surface area contributed by atoms with Gasteiger partial charge in [0.2, 0.25) is 11.8 Å². The minimum Gasteiger partial charge on any atom is -0.476 e. The number of aromatic nitrogens is 4. The van der Waals surface area contributed by atoms with Crippen LogP contribution in [0.3, 0.4) is 0 Å². The van der Waals surface area contributed by atoms with Crippen LogP contribution in [-0.2, 0) is 27.9 Å². The van der Waals surface area contributed by atoms with Crippen molar-refractivity contribution in [3.63, 3.8) is 0 Å². The zero-order chi connectivity index (χ0) is 24.9. The highest BCUT2D eigenvalue weighted by Gasteiger charge is 2.62. The second-order valence-corrected chi connectivity index (χ2v) is 10.3. The van der Waals surface area contributed by atoms with Crippen molar-refractivity contribution in [2.45, 2.75) is 64.3 Å². The van der Waals surface area contributed by atoms with Crippen molar-refractivity contribution in [3.05, 3.63) is 6.33 Å². The Morgan fingerprint density at radius 3 is 2.82 bits per heavy atom. The molecule has 3 N–H and O–H groups in total. The van der Waals surface area contributed by atoms with Gasteiger partial charge in [-0.15, -0.1) is 0 Å². The van der Waals surface area contributed by atoms with Crippen molar-refractivity contribution in [2.75, 3.05) is 25.6 Å². The number of hydrogen-bond acceptors (Lipinski definition) is 11. The van der Waals surface area contributed by atoms with Crippen LogP contribution in [0.1, 0.15) is 40.8 Å². The average Bonchev–Trinajstić information content (AvgIpc) is 3.26. The number of nitrogens with one attached hydrogen (secondary N) is 1. The minimum absolute atomic E-state index is 0.0804. The van der Waals surface area contributed by atoms with E-state index in [1.54, 1.807) is 13.8 Å². The highest BCUT2D eigenvalue weighted by atomic mass is 31.2. The van der Waals surface area contributed by atoms with Gasteiger partial charge in [0.25, 0.3) is 0 Å². The number of anilines is 1. The van der Waals surface area contributed by atoms with Gasteiger partial charge in [-0.05, 0) is 34.6 Å². The fraction of sp³-hybridized carbons (Fsp3) is 0.684. The SMILES string of the molecule is CCOC(=O)C(C)(C)N[P@@]1(=O)OC[C@H]2O[C@@H](n3cnc4c(OCC)nc(N)nc43)[C@](C)(F)[C@@H]2O1. The molecule has 188 valence electrons. The number of imidazole rings is 1. The minimum atomic E-state index is -4.10. The Morgan fingerprint density at radius 1 is 1.41 bits per heavy atom. The number of alkyl halides is 1. The molecule has 2 aromatic heterocycles. The molecule has 15 heteroatoms. The normalized spacial score (nSPS) is 31.4. The lowest BCUT2D eigenvalue weighted by Crippen LogP contribution is -2.51. The van der Waals surface area contributed by atoms with Crippen LogP contribution in [0.15, 0.2) is 6.33 Å². The molecule has 0 bridgehead atoms. The number of rotatable bonds is 7. The van der Waals surface area contributed by atoms with E-state index >= 15 is 4.39 Å². The first-order valence-electron chi connectivity index (χ1n) is 10.8. The smallest absolute Gasteiger partial charge is 0.407 e. The van der Waals surface area contributed by atoms with E-state index in [4.69, 9.17) is 29.0 Å². The number of nitrogens with two attached hydrogens (primary N) is 1. The maximum Gasteiger partial charge on any atom is 0.407 e. The Morgan fingerprint density at radius 2 is 2.15 bits per heavy atom. The number of hydrogen-bond donors (Lipinski definition) is 2. The molecule has 4 rings (SSSR count). The summed E-state index contributed by atoms with van der Waals surface area (Å²) in [5.74, 6) is -0.576. The molecule has 2 aromatic rings. The van der Waals surface area contributed by atoms with Gasteiger partial charge in [0, 0.05) is 0 Å². The molecule has 34 heavy (non-hydrogen) atoms. The third kappa shape index (κ3) is 4.24. The van der Waals surface area contributed by atoms with Crippen LogP contribution in [-0.4, -0.2) is 68.7 Å². The van der Waals surface area contributed by atoms with Crippen LogP contribution in [0.5, 0.6) is 5.88 Å². The molecular weight excluding hydrogens is 474 g/mol. The molecule has 2 fully saturated rings. The van der Waals surface area contributed by atoms with Gasteiger partial charge in [0.1, 0.15) is 17.7 Å². The molecule has 0 aliphatic carbocycles. The van der Waals surface area contributed by atoms with E-state index in [0.717, 1.165) is 0 Å². The van der Waals surface area contributed by atoms with Crippen molar-refractivity contribution in [2.24, 2.45) is 0 Å². The molecule has 4 heterocycles. The van der Waals surface area contributed by atoms with Crippen LogP contribution < -0.4 is 15.6 Å². The lowest BCUT2D eigenvalue weighted by molar-refractivity contribution is -0.149. The first-order chi connectivity index (χ1) is 15.9. The molecule has 5 atom stereocenters. The molecule has 2 aliphatic heterocycles. The van der Waals surface area contributed by atoms with E-state index in [1.165, 1.54) is 31.7 Å². The summed E-state index contributed by atoms with van der Waals surface area (Å²) >= 11 is 0. The van der Waals surface area contributed by atoms with Gasteiger partial charge in [-0.25, -0.2) is 19.0 Å². The van der Waals surface area contributed by atoms with Gasteiger partial charge < -0.3 is 19.9 Å². The summed E-state index contributed by atoms with van der Waals surface area (Å²) in [6.45, 7) is 7.82. The molecule has 13 nitrogen and oxygen atoms in total. The zero-order valence-electron chi connectivity index (χ0n) is 19.5. The van der Waals surface area contributed by atoms with Gasteiger partial charge in [0.05, 0.1) is 26.1 Å². The summed E-state index contributed by atoms with van der Waals surface area (Å²) in [5, 5.41) is 2.56. The van der Waals surface area contributed by atoms with E-state index < -0.39 is 43.4 Å². The van der Waals surface area contributed by atoms with Crippen LogP contribution in [0.2, 0.25) is 0 Å². The number of carbonyl (C=O) groups excluding carboxylic acids is 1. The zero-order valence-corrected chi connectivity index (χ0v) is 20.4. The number of esters is 1. The van der Waals surface area contributed by atoms with E-state index in [0.29, 0.717) is 6.61 Å². The van der Waals surface area contributed by atoms with E-state index in [1.807, 2.05) is 0 Å². The predicted molar refractivity (Wildman–Crippen MR) is 117 cm³/mol. The van der Waals surface area contributed by atoms with Gasteiger partial charge >= 0.3 is 13.7 Å². The lowest BCUT2D eigenvalue weighted by atomic mass is 9.98. The topological polar surface area (TPSA) is 162 Å². The lowest BCUT2D eigenvalue weighted by Gasteiger charge is -2.37. The number of fused-ring (bicyclic) bond motifs is 2. The van der Waals surface area contributed by atoms with Gasteiger partial charge in [0.15, 0.2) is 23.1 Å². The molecule has 2 saturated heterocycles. The van der Waals surface area contributed by atoms with Gasteiger partial charge in [-0.3, -0.25) is 18.4 Å². The summed E-state index contributed by atoms with van der Waals surface area (Å²) < 4.78 is 58.2. The summed E-state index contributed by atoms with van der Waals surface area (Å²) in [7, 11) is -4.10. The Kier molecular flexibility index (Phi) is 6.32. The van der Waals surface area contributed by atoms with Crippen molar-refractivity contribution in [1.82, 2.24) is 24.6 Å². The second-order valence-electron chi connectivity index (χ2n) is 8.60. The number of carbonyl (C=O) groups is 1. The Hall–Kier alpha value is -2.38. The van der Waals surface area contributed by atoms with Crippen molar-refractivity contribution < 1.29 is 37.0 Å². The maximum atomic E-state index is 16.2. The van der Waals surface area contributed by atoms with Crippen molar-refractivity contribution in [3.8, 4) is 5.88 Å². The fourth-order valence-corrected chi connectivity index (χ4v) is 5.87.